The Morgan fingerprint density at radius 1 is 1.14 bits per heavy atom. The van der Waals surface area contributed by atoms with Crippen LogP contribution in [0.2, 0.25) is 0 Å². The van der Waals surface area contributed by atoms with Crippen LogP contribution in [0.1, 0.15) is 12.5 Å². The molecule has 0 bridgehead atoms. The van der Waals surface area contributed by atoms with Gasteiger partial charge in [-0.15, -0.1) is 0 Å². The molecule has 0 unspecified atom stereocenters. The van der Waals surface area contributed by atoms with Gasteiger partial charge in [-0.1, -0.05) is 0 Å². The quantitative estimate of drug-likeness (QED) is 0.755. The van der Waals surface area contributed by atoms with Crippen molar-refractivity contribution in [2.45, 2.75) is 13.5 Å². The molecule has 0 radical (unpaired) electrons. The van der Waals surface area contributed by atoms with Gasteiger partial charge in [0.25, 0.3) is 0 Å². The lowest BCUT2D eigenvalue weighted by molar-refractivity contribution is -0.667. The highest BCUT2D eigenvalue weighted by atomic mass is 16.5. The normalized spacial score (nSPS) is 9.93. The van der Waals surface area contributed by atoms with Crippen LogP contribution in [0.25, 0.3) is 0 Å². The van der Waals surface area contributed by atoms with Crippen molar-refractivity contribution < 1.29 is 14.8 Å². The van der Waals surface area contributed by atoms with Crippen molar-refractivity contribution in [3.63, 3.8) is 0 Å². The third-order valence-electron chi connectivity index (χ3n) is 2.12. The number of quaternary nitrogens is 1. The molecule has 0 amide bonds. The minimum Gasteiger partial charge on any atom is -0.493 e. The van der Waals surface area contributed by atoms with Crippen LogP contribution in [-0.2, 0) is 6.54 Å². The Balaban J connectivity index is 2.79. The van der Waals surface area contributed by atoms with E-state index in [1.165, 1.54) is 5.56 Å². The van der Waals surface area contributed by atoms with Crippen molar-refractivity contribution >= 4 is 0 Å². The molecule has 1 aromatic carbocycles. The predicted octanol–water partition coefficient (Wildman–Crippen LogP) is 0.787. The molecule has 14 heavy (non-hydrogen) atoms. The second-order valence-corrected chi connectivity index (χ2v) is 3.09. The maximum Gasteiger partial charge on any atom is 0.161 e. The van der Waals surface area contributed by atoms with Crippen molar-refractivity contribution in [1.82, 2.24) is 0 Å². The van der Waals surface area contributed by atoms with Gasteiger partial charge in [0, 0.05) is 5.56 Å². The molecule has 78 valence electrons. The summed E-state index contributed by atoms with van der Waals surface area (Å²) in [5.74, 6) is 1.59. The average molecular weight is 196 g/mol. The zero-order chi connectivity index (χ0) is 10.4. The van der Waals surface area contributed by atoms with Crippen molar-refractivity contribution in [2.24, 2.45) is 0 Å². The number of benzene rings is 1. The van der Waals surface area contributed by atoms with Crippen LogP contribution in [0, 0.1) is 0 Å². The number of hydrogen-bond acceptors (Lipinski definition) is 2. The van der Waals surface area contributed by atoms with Gasteiger partial charge >= 0.3 is 0 Å². The predicted molar refractivity (Wildman–Crippen MR) is 55.7 cm³/mol. The van der Waals surface area contributed by atoms with E-state index in [-0.39, 0.29) is 0 Å². The lowest BCUT2D eigenvalue weighted by Crippen LogP contribution is -2.81. The molecule has 1 rings (SSSR count). The Bertz CT molecular complexity index is 287. The highest BCUT2D eigenvalue weighted by Gasteiger charge is 2.04. The molecular weight excluding hydrogens is 178 g/mol. The summed E-state index contributed by atoms with van der Waals surface area (Å²) in [6.07, 6.45) is 0. The van der Waals surface area contributed by atoms with E-state index in [2.05, 4.69) is 18.3 Å². The van der Waals surface area contributed by atoms with Gasteiger partial charge in [0.05, 0.1) is 20.8 Å². The molecular formula is C11H18NO2+. The molecule has 3 nitrogen and oxygen atoms in total. The number of hydrogen-bond donors (Lipinski definition) is 1. The highest BCUT2D eigenvalue weighted by Crippen LogP contribution is 2.26. The first-order chi connectivity index (χ1) is 6.81. The fraction of sp³-hybridized carbons (Fsp3) is 0.455. The largest absolute Gasteiger partial charge is 0.493 e. The number of nitrogens with two attached hydrogens (primary N) is 1. The Morgan fingerprint density at radius 2 is 1.86 bits per heavy atom. The van der Waals surface area contributed by atoms with Crippen LogP contribution >= 0.6 is 0 Å². The Kier molecular flexibility index (Phi) is 4.26. The Hall–Kier alpha value is -1.22. The van der Waals surface area contributed by atoms with E-state index >= 15 is 0 Å². The summed E-state index contributed by atoms with van der Waals surface area (Å²) >= 11 is 0. The first-order valence-electron chi connectivity index (χ1n) is 4.84. The van der Waals surface area contributed by atoms with Crippen LogP contribution in [0.4, 0.5) is 0 Å². The Labute approximate surface area is 85.0 Å². The lowest BCUT2D eigenvalue weighted by Gasteiger charge is -2.08. The summed E-state index contributed by atoms with van der Waals surface area (Å²) in [6, 6.07) is 6.02. The zero-order valence-corrected chi connectivity index (χ0v) is 9.04. The second kappa shape index (κ2) is 5.50. The third kappa shape index (κ3) is 2.64. The van der Waals surface area contributed by atoms with Crippen molar-refractivity contribution in [2.75, 3.05) is 20.8 Å². The van der Waals surface area contributed by atoms with Crippen LogP contribution in [-0.4, -0.2) is 20.8 Å². The fourth-order valence-electron chi connectivity index (χ4n) is 1.32. The standard InChI is InChI=1S/C11H17NO2/c1-4-12-8-9-5-6-10(13-2)11(7-9)14-3/h5-7,12H,4,8H2,1-3H3/p+1. The van der Waals surface area contributed by atoms with Gasteiger partial charge in [0.15, 0.2) is 11.5 Å². The summed E-state index contributed by atoms with van der Waals surface area (Å²) in [7, 11) is 3.31. The molecule has 0 heterocycles. The van der Waals surface area contributed by atoms with Crippen molar-refractivity contribution in [3.8, 4) is 11.5 Å². The minimum absolute atomic E-state index is 0.785. The SMILES string of the molecule is CC[NH2+]Cc1ccc(OC)c(OC)c1. The Morgan fingerprint density at radius 3 is 2.43 bits per heavy atom. The van der Waals surface area contributed by atoms with Gasteiger partial charge in [-0.05, 0) is 25.1 Å². The summed E-state index contributed by atoms with van der Waals surface area (Å²) in [6.45, 7) is 4.21. The maximum absolute atomic E-state index is 5.22. The lowest BCUT2D eigenvalue weighted by atomic mass is 10.2. The molecule has 0 fully saturated rings. The van der Waals surface area contributed by atoms with E-state index in [0.29, 0.717) is 0 Å². The van der Waals surface area contributed by atoms with E-state index in [4.69, 9.17) is 9.47 Å². The molecule has 2 N–H and O–H groups in total. The summed E-state index contributed by atoms with van der Waals surface area (Å²) in [4.78, 5) is 0. The average Bonchev–Trinajstić information content (AvgIpc) is 2.25. The molecule has 0 saturated heterocycles. The third-order valence-corrected chi connectivity index (χ3v) is 2.12. The molecule has 1 aromatic rings. The second-order valence-electron chi connectivity index (χ2n) is 3.09. The molecule has 0 aliphatic carbocycles. The van der Waals surface area contributed by atoms with Gasteiger partial charge in [0.2, 0.25) is 0 Å². The van der Waals surface area contributed by atoms with E-state index in [0.717, 1.165) is 24.6 Å². The molecule has 0 atom stereocenters. The van der Waals surface area contributed by atoms with E-state index in [1.807, 2.05) is 12.1 Å². The van der Waals surface area contributed by atoms with Crippen LogP contribution in [0.15, 0.2) is 18.2 Å². The highest BCUT2D eigenvalue weighted by molar-refractivity contribution is 5.42. The van der Waals surface area contributed by atoms with Gasteiger partial charge in [0.1, 0.15) is 6.54 Å². The fourth-order valence-corrected chi connectivity index (χ4v) is 1.32. The van der Waals surface area contributed by atoms with E-state index in [9.17, 15) is 0 Å². The summed E-state index contributed by atoms with van der Waals surface area (Å²) in [5, 5.41) is 2.24. The first kappa shape index (κ1) is 10.9. The summed E-state index contributed by atoms with van der Waals surface area (Å²) in [5.41, 5.74) is 1.25. The van der Waals surface area contributed by atoms with Crippen LogP contribution in [0.5, 0.6) is 11.5 Å². The number of methoxy groups -OCH3 is 2. The smallest absolute Gasteiger partial charge is 0.161 e. The van der Waals surface area contributed by atoms with E-state index in [1.54, 1.807) is 14.2 Å². The minimum atomic E-state index is 0.785. The molecule has 0 aliphatic rings. The molecule has 0 aliphatic heterocycles. The van der Waals surface area contributed by atoms with Gasteiger partial charge in [-0.3, -0.25) is 0 Å². The monoisotopic (exact) mass is 196 g/mol. The van der Waals surface area contributed by atoms with Crippen LogP contribution in [0.3, 0.4) is 0 Å². The molecule has 0 aromatic heterocycles. The van der Waals surface area contributed by atoms with Crippen molar-refractivity contribution in [3.05, 3.63) is 23.8 Å². The van der Waals surface area contributed by atoms with E-state index < -0.39 is 0 Å². The summed E-state index contributed by atoms with van der Waals surface area (Å²) < 4.78 is 10.4. The molecule has 0 spiro atoms. The topological polar surface area (TPSA) is 35.1 Å². The first-order valence-corrected chi connectivity index (χ1v) is 4.84. The van der Waals surface area contributed by atoms with Gasteiger partial charge in [-0.2, -0.15) is 0 Å². The zero-order valence-electron chi connectivity index (χ0n) is 9.04. The van der Waals surface area contributed by atoms with Gasteiger partial charge < -0.3 is 14.8 Å². The van der Waals surface area contributed by atoms with Crippen LogP contribution < -0.4 is 14.8 Å². The van der Waals surface area contributed by atoms with Crippen molar-refractivity contribution in [1.29, 1.82) is 0 Å². The molecule has 3 heteroatoms. The number of rotatable bonds is 5. The maximum atomic E-state index is 5.22. The molecule has 0 saturated carbocycles. The number of ether oxygens (including phenoxy) is 2. The van der Waals surface area contributed by atoms with Gasteiger partial charge in [-0.25, -0.2) is 0 Å².